The molecule has 1 amide bonds. The van der Waals surface area contributed by atoms with Gasteiger partial charge in [-0.2, -0.15) is 23.4 Å². The molecule has 0 aliphatic heterocycles. The van der Waals surface area contributed by atoms with Gasteiger partial charge in [0.25, 0.3) is 0 Å². The molecule has 0 fully saturated rings. The van der Waals surface area contributed by atoms with Crippen molar-refractivity contribution in [1.82, 2.24) is 19.6 Å². The molecule has 0 bridgehead atoms. The summed E-state index contributed by atoms with van der Waals surface area (Å²) in [5.41, 5.74) is -0.589. The number of carbonyl (C=O) groups is 2. The summed E-state index contributed by atoms with van der Waals surface area (Å²) < 4.78 is 45.3. The normalized spacial score (nSPS) is 11.5. The largest absolute Gasteiger partial charge is 0.464 e. The molecule has 26 heavy (non-hydrogen) atoms. The Morgan fingerprint density at radius 2 is 2.04 bits per heavy atom. The Balaban J connectivity index is 2.08. The van der Waals surface area contributed by atoms with Crippen molar-refractivity contribution in [3.8, 4) is 0 Å². The van der Waals surface area contributed by atoms with Crippen molar-refractivity contribution in [2.75, 3.05) is 12.4 Å². The molecule has 0 radical (unpaired) electrons. The number of anilines is 1. The average Bonchev–Trinajstić information content (AvgIpc) is 3.05. The van der Waals surface area contributed by atoms with E-state index in [9.17, 15) is 22.8 Å². The molecule has 0 aromatic carbocycles. The molecule has 142 valence electrons. The third-order valence-electron chi connectivity index (χ3n) is 3.54. The summed E-state index contributed by atoms with van der Waals surface area (Å²) in [7, 11) is 2.70. The minimum atomic E-state index is -4.60. The third-order valence-corrected chi connectivity index (χ3v) is 4.49. The Morgan fingerprint density at radius 3 is 2.58 bits per heavy atom. The first-order chi connectivity index (χ1) is 12.1. The summed E-state index contributed by atoms with van der Waals surface area (Å²) >= 11 is 2.87. The van der Waals surface area contributed by atoms with Gasteiger partial charge in [0.2, 0.25) is 5.91 Å². The number of methoxy groups -OCH3 is 1. The number of halogens is 4. The molecule has 2 rings (SSSR count). The molecule has 12 heteroatoms. The fourth-order valence-electron chi connectivity index (χ4n) is 2.21. The van der Waals surface area contributed by atoms with Gasteiger partial charge in [0.1, 0.15) is 0 Å². The molecule has 8 nitrogen and oxygen atoms in total. The molecular weight excluding hydrogens is 423 g/mol. The molecule has 0 aliphatic carbocycles. The zero-order valence-electron chi connectivity index (χ0n) is 14.0. The second-order valence-corrected chi connectivity index (χ2v) is 6.08. The first-order valence-electron chi connectivity index (χ1n) is 7.26. The highest BCUT2D eigenvalue weighted by Crippen LogP contribution is 2.35. The van der Waals surface area contributed by atoms with Crippen LogP contribution in [0.2, 0.25) is 0 Å². The van der Waals surface area contributed by atoms with Gasteiger partial charge in [-0.3, -0.25) is 14.2 Å². The first kappa shape index (κ1) is 19.9. The van der Waals surface area contributed by atoms with E-state index in [4.69, 9.17) is 0 Å². The number of hydrogen-bond acceptors (Lipinski definition) is 5. The van der Waals surface area contributed by atoms with Gasteiger partial charge in [0.15, 0.2) is 11.4 Å². The van der Waals surface area contributed by atoms with Crippen molar-refractivity contribution in [2.45, 2.75) is 26.1 Å². The molecule has 0 saturated heterocycles. The van der Waals surface area contributed by atoms with Gasteiger partial charge in [0.05, 0.1) is 35.7 Å². The Bertz CT molecular complexity index is 844. The maximum absolute atomic E-state index is 12.8. The summed E-state index contributed by atoms with van der Waals surface area (Å²) in [6.07, 6.45) is -3.47. The van der Waals surface area contributed by atoms with E-state index in [2.05, 4.69) is 36.2 Å². The summed E-state index contributed by atoms with van der Waals surface area (Å²) in [6.45, 7) is 1.39. The minimum absolute atomic E-state index is 0.0539. The Hall–Kier alpha value is -2.37. The lowest BCUT2D eigenvalue weighted by atomic mass is 10.3. The molecule has 2 aromatic rings. The van der Waals surface area contributed by atoms with Gasteiger partial charge in [0, 0.05) is 13.5 Å². The fraction of sp³-hybridized carbons (Fsp3) is 0.429. The Morgan fingerprint density at radius 1 is 1.38 bits per heavy atom. The van der Waals surface area contributed by atoms with Crippen molar-refractivity contribution in [3.05, 3.63) is 27.8 Å². The number of esters is 1. The van der Waals surface area contributed by atoms with Crippen LogP contribution in [0.25, 0.3) is 0 Å². The lowest BCUT2D eigenvalue weighted by molar-refractivity contribution is -0.142. The van der Waals surface area contributed by atoms with Crippen LogP contribution in [-0.2, 0) is 29.3 Å². The van der Waals surface area contributed by atoms with E-state index in [0.29, 0.717) is 0 Å². The molecule has 2 aromatic heterocycles. The highest BCUT2D eigenvalue weighted by atomic mass is 79.9. The second-order valence-electron chi connectivity index (χ2n) is 5.29. The number of hydrogen-bond donors (Lipinski definition) is 1. The van der Waals surface area contributed by atoms with Gasteiger partial charge in [-0.05, 0) is 22.9 Å². The van der Waals surface area contributed by atoms with Gasteiger partial charge < -0.3 is 10.1 Å². The first-order valence-corrected chi connectivity index (χ1v) is 8.05. The molecule has 0 spiro atoms. The van der Waals surface area contributed by atoms with Gasteiger partial charge >= 0.3 is 12.1 Å². The fourth-order valence-corrected chi connectivity index (χ4v) is 2.72. The van der Waals surface area contributed by atoms with E-state index in [1.54, 1.807) is 0 Å². The zero-order chi connectivity index (χ0) is 19.6. The van der Waals surface area contributed by atoms with Gasteiger partial charge in [-0.15, -0.1) is 0 Å². The maximum atomic E-state index is 12.8. The number of nitrogens with zero attached hydrogens (tertiary/aromatic N) is 4. The minimum Gasteiger partial charge on any atom is -0.464 e. The standard InChI is InChI=1S/C14H15BrF3N5O3/c1-7-10(15)12(14(16,17)18)21-23(7)5-4-9(24)20-8-6-19-22(2)11(8)13(25)26-3/h6H,4-5H2,1-3H3,(H,20,24). The van der Waals surface area contributed by atoms with E-state index in [1.807, 2.05) is 0 Å². The number of nitrogens with one attached hydrogen (secondary N) is 1. The van der Waals surface area contributed by atoms with E-state index < -0.39 is 23.7 Å². The number of alkyl halides is 3. The maximum Gasteiger partial charge on any atom is 0.436 e. The predicted octanol–water partition coefficient (Wildman–Crippen LogP) is 2.52. The number of rotatable bonds is 5. The van der Waals surface area contributed by atoms with Crippen LogP contribution in [0, 0.1) is 6.92 Å². The van der Waals surface area contributed by atoms with E-state index in [-0.39, 0.29) is 34.5 Å². The monoisotopic (exact) mass is 437 g/mol. The molecule has 1 N–H and O–H groups in total. The molecule has 0 unspecified atom stereocenters. The predicted molar refractivity (Wildman–Crippen MR) is 87.5 cm³/mol. The lowest BCUT2D eigenvalue weighted by Crippen LogP contribution is -2.18. The summed E-state index contributed by atoms with van der Waals surface area (Å²) in [5.74, 6) is -1.19. The number of carbonyl (C=O) groups excluding carboxylic acids is 2. The van der Waals surface area contributed by atoms with Crippen LogP contribution in [0.1, 0.15) is 28.3 Å². The van der Waals surface area contributed by atoms with E-state index in [1.165, 1.54) is 32.0 Å². The van der Waals surface area contributed by atoms with Gasteiger partial charge in [-0.25, -0.2) is 4.79 Å². The van der Waals surface area contributed by atoms with Crippen LogP contribution in [0.4, 0.5) is 18.9 Å². The SMILES string of the molecule is COC(=O)c1c(NC(=O)CCn2nc(C(F)(F)F)c(Br)c2C)cnn1C. The third kappa shape index (κ3) is 4.06. The molecule has 0 saturated carbocycles. The van der Waals surface area contributed by atoms with Crippen LogP contribution in [0.3, 0.4) is 0 Å². The number of ether oxygens (including phenoxy) is 1. The second kappa shape index (κ2) is 7.48. The van der Waals surface area contributed by atoms with Crippen LogP contribution in [0.15, 0.2) is 10.7 Å². The number of amides is 1. The Labute approximate surface area is 154 Å². The summed E-state index contributed by atoms with van der Waals surface area (Å²) in [5, 5.41) is 9.85. The summed E-state index contributed by atoms with van der Waals surface area (Å²) in [6, 6.07) is 0. The topological polar surface area (TPSA) is 91.0 Å². The highest BCUT2D eigenvalue weighted by Gasteiger charge is 2.37. The van der Waals surface area contributed by atoms with Crippen LogP contribution in [0.5, 0.6) is 0 Å². The van der Waals surface area contributed by atoms with Crippen LogP contribution in [-0.4, -0.2) is 38.5 Å². The molecule has 2 heterocycles. The van der Waals surface area contributed by atoms with Gasteiger partial charge in [-0.1, -0.05) is 0 Å². The van der Waals surface area contributed by atoms with Crippen LogP contribution < -0.4 is 5.32 Å². The van der Waals surface area contributed by atoms with Crippen molar-refractivity contribution < 1.29 is 27.5 Å². The highest BCUT2D eigenvalue weighted by molar-refractivity contribution is 9.10. The Kier molecular flexibility index (Phi) is 5.74. The van der Waals surface area contributed by atoms with Crippen molar-refractivity contribution >= 4 is 33.5 Å². The van der Waals surface area contributed by atoms with E-state index in [0.717, 1.165) is 4.68 Å². The molecule has 0 atom stereocenters. The quantitative estimate of drug-likeness (QED) is 0.725. The molecule has 0 aliphatic rings. The van der Waals surface area contributed by atoms with E-state index >= 15 is 0 Å². The zero-order valence-corrected chi connectivity index (χ0v) is 15.6. The van der Waals surface area contributed by atoms with Crippen molar-refractivity contribution in [1.29, 1.82) is 0 Å². The summed E-state index contributed by atoms with van der Waals surface area (Å²) in [4.78, 5) is 23.8. The molecular formula is C14H15BrF3N5O3. The average molecular weight is 438 g/mol. The van der Waals surface area contributed by atoms with Crippen molar-refractivity contribution in [3.63, 3.8) is 0 Å². The number of aromatic nitrogens is 4. The van der Waals surface area contributed by atoms with Crippen LogP contribution >= 0.6 is 15.9 Å². The number of aryl methyl sites for hydroxylation is 2. The van der Waals surface area contributed by atoms with Crippen molar-refractivity contribution in [2.24, 2.45) is 7.05 Å². The lowest BCUT2D eigenvalue weighted by Gasteiger charge is -2.07. The smallest absolute Gasteiger partial charge is 0.436 e.